The van der Waals surface area contributed by atoms with Crippen LogP contribution in [-0.2, 0) is 0 Å². The second-order valence-corrected chi connectivity index (χ2v) is 2.16. The Morgan fingerprint density at radius 2 is 2.00 bits per heavy atom. The van der Waals surface area contributed by atoms with Gasteiger partial charge in [-0.15, -0.1) is 10.2 Å². The first-order valence-corrected chi connectivity index (χ1v) is 3.30. The summed E-state index contributed by atoms with van der Waals surface area (Å²) in [6.07, 6.45) is 2.91. The molecule has 0 saturated heterocycles. The van der Waals surface area contributed by atoms with Crippen molar-refractivity contribution in [2.75, 3.05) is 0 Å². The molecule has 0 radical (unpaired) electrons. The first kappa shape index (κ1) is 6.78. The Morgan fingerprint density at radius 3 is 2.92 bits per heavy atom. The second-order valence-electron chi connectivity index (χ2n) is 2.16. The monoisotopic (exact) mass is 160 g/mol. The minimum Gasteiger partial charge on any atom is -0.266 e. The molecule has 0 aliphatic heterocycles. The minimum absolute atomic E-state index is 0.381. The van der Waals surface area contributed by atoms with Crippen LogP contribution in [0.4, 0.5) is 0 Å². The molecule has 0 N–H and O–H groups in total. The van der Waals surface area contributed by atoms with Crippen molar-refractivity contribution in [1.29, 1.82) is 0 Å². The third kappa shape index (κ3) is 1.12. The Morgan fingerprint density at radius 1 is 1.08 bits per heavy atom. The highest BCUT2D eigenvalue weighted by Crippen LogP contribution is 1.99. The van der Waals surface area contributed by atoms with Crippen molar-refractivity contribution in [2.45, 2.75) is 0 Å². The van der Waals surface area contributed by atoms with Gasteiger partial charge in [0.05, 0.1) is 11.7 Å². The van der Waals surface area contributed by atoms with E-state index in [-0.39, 0.29) is 5.56 Å². The lowest BCUT2D eigenvalue weighted by atomic mass is 10.4. The van der Waals surface area contributed by atoms with E-state index in [0.29, 0.717) is 11.0 Å². The summed E-state index contributed by atoms with van der Waals surface area (Å²) >= 11 is 0. The molecule has 0 aliphatic rings. The van der Waals surface area contributed by atoms with Gasteiger partial charge < -0.3 is 0 Å². The number of nitrogens with zero attached hydrogens (tertiary/aromatic N) is 4. The van der Waals surface area contributed by atoms with E-state index in [9.17, 15) is 4.79 Å². The van der Waals surface area contributed by atoms with Crippen LogP contribution in [0.15, 0.2) is 29.5 Å². The summed E-state index contributed by atoms with van der Waals surface area (Å²) in [6.45, 7) is 0. The van der Waals surface area contributed by atoms with Crippen LogP contribution >= 0.6 is 0 Å². The molecule has 0 saturated carbocycles. The first-order chi connectivity index (χ1) is 5.86. The average molecular weight is 160 g/mol. The predicted molar refractivity (Wildman–Crippen MR) is 41.4 cm³/mol. The summed E-state index contributed by atoms with van der Waals surface area (Å²) in [6, 6.07) is 2.89. The summed E-state index contributed by atoms with van der Waals surface area (Å²) in [7, 11) is 0. The molecule has 2 aromatic rings. The number of fused-ring (bicyclic) bond motifs is 1. The van der Waals surface area contributed by atoms with Gasteiger partial charge in [0.1, 0.15) is 11.8 Å². The third-order valence-electron chi connectivity index (χ3n) is 1.36. The van der Waals surface area contributed by atoms with E-state index in [1.807, 2.05) is 0 Å². The van der Waals surface area contributed by atoms with Crippen LogP contribution in [0.3, 0.4) is 0 Å². The SMILES string of the molecule is O=c1ccc2ncncc2nn1. The Kier molecular flexibility index (Phi) is 1.48. The molecule has 0 bridgehead atoms. The van der Waals surface area contributed by atoms with Crippen LogP contribution in [0.25, 0.3) is 11.0 Å². The fraction of sp³-hybridized carbons (Fsp3) is 0. The zero-order chi connectivity index (χ0) is 8.39. The molecule has 0 unspecified atom stereocenters. The molecular weight excluding hydrogens is 156 g/mol. The molecular formula is C7H4N4O. The molecule has 12 heavy (non-hydrogen) atoms. The molecule has 2 rings (SSSR count). The van der Waals surface area contributed by atoms with E-state index in [0.717, 1.165) is 0 Å². The summed E-state index contributed by atoms with van der Waals surface area (Å²) in [5, 5.41) is 7.04. The smallest absolute Gasteiger partial charge is 0.266 e. The molecule has 5 nitrogen and oxygen atoms in total. The maximum Gasteiger partial charge on any atom is 0.288 e. The van der Waals surface area contributed by atoms with Crippen molar-refractivity contribution in [3.8, 4) is 0 Å². The number of hydrogen-bond acceptors (Lipinski definition) is 5. The van der Waals surface area contributed by atoms with Crippen molar-refractivity contribution in [3.05, 3.63) is 35.0 Å². The van der Waals surface area contributed by atoms with E-state index in [1.54, 1.807) is 6.07 Å². The van der Waals surface area contributed by atoms with Crippen LogP contribution < -0.4 is 5.56 Å². The highest BCUT2D eigenvalue weighted by atomic mass is 16.1. The van der Waals surface area contributed by atoms with E-state index in [4.69, 9.17) is 0 Å². The predicted octanol–water partition coefficient (Wildman–Crippen LogP) is -0.220. The molecule has 0 amide bonds. The van der Waals surface area contributed by atoms with Crippen molar-refractivity contribution < 1.29 is 0 Å². The highest BCUT2D eigenvalue weighted by molar-refractivity contribution is 5.70. The molecule has 0 spiro atoms. The van der Waals surface area contributed by atoms with Crippen LogP contribution in [0.2, 0.25) is 0 Å². The lowest BCUT2D eigenvalue weighted by molar-refractivity contribution is 1.04. The normalized spacial score (nSPS) is 10.0. The van der Waals surface area contributed by atoms with Crippen molar-refractivity contribution >= 4 is 11.0 Å². The summed E-state index contributed by atoms with van der Waals surface area (Å²) in [5.74, 6) is 0. The standard InChI is InChI=1S/C7H4N4O/c12-7-2-1-5-6(10-11-7)3-8-4-9-5/h1-4H. The van der Waals surface area contributed by atoms with E-state index in [2.05, 4.69) is 20.2 Å². The molecule has 0 aliphatic carbocycles. The lowest BCUT2D eigenvalue weighted by Gasteiger charge is -1.83. The van der Waals surface area contributed by atoms with Gasteiger partial charge in [-0.05, 0) is 6.07 Å². The van der Waals surface area contributed by atoms with Gasteiger partial charge in [0.25, 0.3) is 5.56 Å². The summed E-state index contributed by atoms with van der Waals surface area (Å²) in [5.41, 5.74) is 0.743. The Labute approximate surface area is 67.1 Å². The lowest BCUT2D eigenvalue weighted by Crippen LogP contribution is -1.99. The molecule has 0 aromatic carbocycles. The summed E-state index contributed by atoms with van der Waals surface area (Å²) in [4.78, 5) is 18.4. The molecule has 58 valence electrons. The van der Waals surface area contributed by atoms with Gasteiger partial charge in [-0.25, -0.2) is 9.97 Å². The number of aromatic nitrogens is 4. The first-order valence-electron chi connectivity index (χ1n) is 3.30. The van der Waals surface area contributed by atoms with Crippen molar-refractivity contribution in [1.82, 2.24) is 20.2 Å². The van der Waals surface area contributed by atoms with Crippen LogP contribution in [0.1, 0.15) is 0 Å². The fourth-order valence-corrected chi connectivity index (χ4v) is 0.824. The average Bonchev–Trinajstić information content (AvgIpc) is 2.29. The second kappa shape index (κ2) is 2.61. The Hall–Kier alpha value is -1.91. The zero-order valence-corrected chi connectivity index (χ0v) is 6.01. The van der Waals surface area contributed by atoms with Gasteiger partial charge >= 0.3 is 0 Å². The number of hydrogen-bond donors (Lipinski definition) is 0. The van der Waals surface area contributed by atoms with Gasteiger partial charge in [0.2, 0.25) is 0 Å². The maximum absolute atomic E-state index is 10.8. The van der Waals surface area contributed by atoms with E-state index in [1.165, 1.54) is 18.6 Å². The quantitative estimate of drug-likeness (QED) is 0.533. The Balaban J connectivity index is 2.94. The van der Waals surface area contributed by atoms with Crippen LogP contribution in [-0.4, -0.2) is 20.2 Å². The Bertz CT molecular complexity index is 429. The van der Waals surface area contributed by atoms with Crippen LogP contribution in [0.5, 0.6) is 0 Å². The van der Waals surface area contributed by atoms with E-state index < -0.39 is 0 Å². The molecule has 5 heteroatoms. The zero-order valence-electron chi connectivity index (χ0n) is 6.01. The molecule has 2 heterocycles. The van der Waals surface area contributed by atoms with Gasteiger partial charge in [-0.2, -0.15) is 0 Å². The number of rotatable bonds is 0. The van der Waals surface area contributed by atoms with Crippen LogP contribution in [0, 0.1) is 0 Å². The maximum atomic E-state index is 10.8. The van der Waals surface area contributed by atoms with Crippen molar-refractivity contribution in [2.24, 2.45) is 0 Å². The largest absolute Gasteiger partial charge is 0.288 e. The molecule has 2 aromatic heterocycles. The highest BCUT2D eigenvalue weighted by Gasteiger charge is 1.92. The minimum atomic E-state index is -0.381. The van der Waals surface area contributed by atoms with Gasteiger partial charge in [-0.3, -0.25) is 4.79 Å². The topological polar surface area (TPSA) is 68.6 Å². The third-order valence-corrected chi connectivity index (χ3v) is 1.36. The van der Waals surface area contributed by atoms with Gasteiger partial charge in [-0.1, -0.05) is 0 Å². The molecule has 0 atom stereocenters. The van der Waals surface area contributed by atoms with Gasteiger partial charge in [0.15, 0.2) is 0 Å². The van der Waals surface area contributed by atoms with E-state index >= 15 is 0 Å². The van der Waals surface area contributed by atoms with Crippen molar-refractivity contribution in [3.63, 3.8) is 0 Å². The van der Waals surface area contributed by atoms with Gasteiger partial charge in [0, 0.05) is 6.07 Å². The summed E-state index contributed by atoms with van der Waals surface area (Å²) < 4.78 is 0. The fourth-order valence-electron chi connectivity index (χ4n) is 0.824. The molecule has 0 fully saturated rings.